The molecule has 0 aliphatic carbocycles. The summed E-state index contributed by atoms with van der Waals surface area (Å²) >= 11 is 1.68. The number of hydrogen-bond donors (Lipinski definition) is 0. The maximum Gasteiger partial charge on any atom is 0.274 e. The van der Waals surface area contributed by atoms with Crippen LogP contribution in [0, 0.1) is 13.8 Å². The number of rotatable bonds is 3. The van der Waals surface area contributed by atoms with Gasteiger partial charge >= 0.3 is 0 Å². The van der Waals surface area contributed by atoms with Crippen LogP contribution in [0.3, 0.4) is 0 Å². The fourth-order valence-corrected chi connectivity index (χ4v) is 4.73. The monoisotopic (exact) mass is 417 g/mol. The molecule has 0 bridgehead atoms. The molecule has 4 aromatic heterocycles. The first kappa shape index (κ1) is 18.9. The lowest BCUT2D eigenvalue weighted by atomic mass is 9.96. The van der Waals surface area contributed by atoms with Crippen molar-refractivity contribution in [2.45, 2.75) is 32.6 Å². The molecule has 1 aliphatic rings. The number of nitrogens with zero attached hydrogens (tertiary/aromatic N) is 5. The van der Waals surface area contributed by atoms with Gasteiger partial charge in [0.2, 0.25) is 0 Å². The van der Waals surface area contributed by atoms with Crippen molar-refractivity contribution >= 4 is 22.9 Å². The van der Waals surface area contributed by atoms with Crippen LogP contribution >= 0.6 is 11.3 Å². The van der Waals surface area contributed by atoms with E-state index in [2.05, 4.69) is 16.4 Å². The average Bonchev–Trinajstić information content (AvgIpc) is 3.42. The summed E-state index contributed by atoms with van der Waals surface area (Å²) in [6, 6.07) is 10.1. The van der Waals surface area contributed by atoms with E-state index in [9.17, 15) is 4.79 Å². The minimum Gasteiger partial charge on any atom is -0.337 e. The molecule has 0 radical (unpaired) electrons. The highest BCUT2D eigenvalue weighted by molar-refractivity contribution is 7.13. The number of fused-ring (bicyclic) bond motifs is 1. The molecule has 4 aromatic rings. The Balaban J connectivity index is 1.40. The lowest BCUT2D eigenvalue weighted by molar-refractivity contribution is 0.0699. The van der Waals surface area contributed by atoms with Crippen LogP contribution in [0.4, 0.5) is 0 Å². The van der Waals surface area contributed by atoms with E-state index < -0.39 is 0 Å². The third kappa shape index (κ3) is 3.61. The van der Waals surface area contributed by atoms with Gasteiger partial charge in [-0.1, -0.05) is 6.07 Å². The summed E-state index contributed by atoms with van der Waals surface area (Å²) in [5, 5.41) is 2.06. The Bertz CT molecular complexity index is 1210. The third-order valence-electron chi connectivity index (χ3n) is 5.55. The highest BCUT2D eigenvalue weighted by atomic mass is 32.1. The van der Waals surface area contributed by atoms with Crippen LogP contribution in [0.25, 0.3) is 16.2 Å². The van der Waals surface area contributed by atoms with Crippen molar-refractivity contribution in [1.82, 2.24) is 24.3 Å². The molecule has 0 spiro atoms. The Morgan fingerprint density at radius 2 is 2.07 bits per heavy atom. The molecular formula is C23H23N5OS. The number of hydrogen-bond acceptors (Lipinski definition) is 5. The molecule has 6 nitrogen and oxygen atoms in total. The Kier molecular flexibility index (Phi) is 4.83. The molecule has 0 N–H and O–H groups in total. The van der Waals surface area contributed by atoms with Gasteiger partial charge in [0, 0.05) is 37.1 Å². The summed E-state index contributed by atoms with van der Waals surface area (Å²) in [6.45, 7) is 5.40. The highest BCUT2D eigenvalue weighted by Crippen LogP contribution is 2.29. The van der Waals surface area contributed by atoms with Gasteiger partial charge < -0.3 is 9.30 Å². The summed E-state index contributed by atoms with van der Waals surface area (Å²) in [7, 11) is 0. The first-order valence-electron chi connectivity index (χ1n) is 10.2. The topological polar surface area (TPSA) is 63.4 Å². The first-order valence-corrected chi connectivity index (χ1v) is 11.1. The molecule has 0 aromatic carbocycles. The largest absolute Gasteiger partial charge is 0.337 e. The zero-order valence-electron chi connectivity index (χ0n) is 17.1. The fraction of sp³-hybridized carbons (Fsp3) is 0.304. The van der Waals surface area contributed by atoms with Gasteiger partial charge in [-0.3, -0.25) is 4.79 Å². The van der Waals surface area contributed by atoms with Crippen molar-refractivity contribution in [3.05, 3.63) is 70.9 Å². The Hall–Kier alpha value is -3.06. The van der Waals surface area contributed by atoms with Crippen LogP contribution in [-0.4, -0.2) is 43.2 Å². The van der Waals surface area contributed by atoms with E-state index in [-0.39, 0.29) is 11.8 Å². The zero-order valence-corrected chi connectivity index (χ0v) is 17.9. The number of amides is 1. The number of aryl methyl sites for hydroxylation is 2. The number of aromatic nitrogens is 4. The summed E-state index contributed by atoms with van der Waals surface area (Å²) in [6.07, 6.45) is 5.69. The van der Waals surface area contributed by atoms with Gasteiger partial charge in [-0.25, -0.2) is 15.0 Å². The number of carbonyl (C=O) groups is 1. The smallest absolute Gasteiger partial charge is 0.274 e. The predicted molar refractivity (Wildman–Crippen MR) is 118 cm³/mol. The SMILES string of the molecule is Cc1ccn2cc(C(=O)N3CCC[C@H](c4nc(C)cc(-c5cccs5)n4)C3)nc2c1. The zero-order chi connectivity index (χ0) is 20.7. The van der Waals surface area contributed by atoms with E-state index in [1.54, 1.807) is 11.3 Å². The number of piperidine rings is 1. The van der Waals surface area contributed by atoms with E-state index in [4.69, 9.17) is 9.97 Å². The van der Waals surface area contributed by atoms with Crippen molar-refractivity contribution in [2.75, 3.05) is 13.1 Å². The van der Waals surface area contributed by atoms with Crippen molar-refractivity contribution in [2.24, 2.45) is 0 Å². The summed E-state index contributed by atoms with van der Waals surface area (Å²) < 4.78 is 1.90. The Labute approximate surface area is 179 Å². The van der Waals surface area contributed by atoms with Crippen molar-refractivity contribution in [3.8, 4) is 10.6 Å². The molecule has 0 unspecified atom stereocenters. The average molecular weight is 418 g/mol. The van der Waals surface area contributed by atoms with Crippen molar-refractivity contribution < 1.29 is 4.79 Å². The molecule has 5 heterocycles. The maximum absolute atomic E-state index is 13.2. The predicted octanol–water partition coefficient (Wildman–Crippen LogP) is 4.49. The fourth-order valence-electron chi connectivity index (χ4n) is 4.05. The molecule has 1 atom stereocenters. The number of pyridine rings is 1. The van der Waals surface area contributed by atoms with Gasteiger partial charge in [0.25, 0.3) is 5.91 Å². The number of carbonyl (C=O) groups excluding carboxylic acids is 1. The molecule has 1 saturated heterocycles. The second-order valence-electron chi connectivity index (χ2n) is 7.92. The molecule has 0 saturated carbocycles. The summed E-state index contributed by atoms with van der Waals surface area (Å²) in [5.41, 5.74) is 4.35. The van der Waals surface area contributed by atoms with Crippen LogP contribution < -0.4 is 0 Å². The van der Waals surface area contributed by atoms with Gasteiger partial charge in [0.05, 0.1) is 10.6 Å². The van der Waals surface area contributed by atoms with Crippen molar-refractivity contribution in [1.29, 1.82) is 0 Å². The molecule has 1 aliphatic heterocycles. The lowest BCUT2D eigenvalue weighted by Gasteiger charge is -2.31. The molecule has 1 amide bonds. The van der Waals surface area contributed by atoms with Crippen LogP contribution in [0.5, 0.6) is 0 Å². The number of likely N-dealkylation sites (tertiary alicyclic amines) is 1. The van der Waals surface area contributed by atoms with E-state index in [1.165, 1.54) is 0 Å². The Morgan fingerprint density at radius 1 is 1.17 bits per heavy atom. The minimum atomic E-state index is -0.0211. The quantitative estimate of drug-likeness (QED) is 0.493. The maximum atomic E-state index is 13.2. The van der Waals surface area contributed by atoms with Crippen molar-refractivity contribution in [3.63, 3.8) is 0 Å². The van der Waals surface area contributed by atoms with Crippen LogP contribution in [0.15, 0.2) is 48.1 Å². The van der Waals surface area contributed by atoms with E-state index in [0.29, 0.717) is 12.2 Å². The Morgan fingerprint density at radius 3 is 2.90 bits per heavy atom. The normalized spacial score (nSPS) is 16.9. The van der Waals surface area contributed by atoms with E-state index >= 15 is 0 Å². The summed E-state index contributed by atoms with van der Waals surface area (Å²) in [5.74, 6) is 0.953. The van der Waals surface area contributed by atoms with Gasteiger partial charge in [-0.15, -0.1) is 11.3 Å². The summed E-state index contributed by atoms with van der Waals surface area (Å²) in [4.78, 5) is 30.3. The van der Waals surface area contributed by atoms with Gasteiger partial charge in [0.15, 0.2) is 0 Å². The van der Waals surface area contributed by atoms with E-state index in [0.717, 1.165) is 52.7 Å². The molecular weight excluding hydrogens is 394 g/mol. The number of thiophene rings is 1. The molecule has 1 fully saturated rings. The standard InChI is InChI=1S/C23H23N5OS/c1-15-7-9-27-14-19(25-21(27)11-15)23(29)28-8-3-5-17(13-28)22-24-16(2)12-18(26-22)20-6-4-10-30-20/h4,6-7,9-12,14,17H,3,5,8,13H2,1-2H3/t17-/m0/s1. The van der Waals surface area contributed by atoms with Crippen LogP contribution in [-0.2, 0) is 0 Å². The van der Waals surface area contributed by atoms with Gasteiger partial charge in [-0.2, -0.15) is 0 Å². The number of imidazole rings is 1. The minimum absolute atomic E-state index is 0.0211. The highest BCUT2D eigenvalue weighted by Gasteiger charge is 2.28. The van der Waals surface area contributed by atoms with Crippen LogP contribution in [0.1, 0.15) is 46.3 Å². The molecule has 30 heavy (non-hydrogen) atoms. The van der Waals surface area contributed by atoms with Crippen LogP contribution in [0.2, 0.25) is 0 Å². The first-order chi connectivity index (χ1) is 14.6. The molecule has 7 heteroatoms. The van der Waals surface area contributed by atoms with Gasteiger partial charge in [-0.05, 0) is 61.9 Å². The third-order valence-corrected chi connectivity index (χ3v) is 6.45. The van der Waals surface area contributed by atoms with E-state index in [1.807, 2.05) is 59.8 Å². The molecule has 152 valence electrons. The lowest BCUT2D eigenvalue weighted by Crippen LogP contribution is -2.39. The second-order valence-corrected chi connectivity index (χ2v) is 8.86. The second kappa shape index (κ2) is 7.65. The van der Waals surface area contributed by atoms with Gasteiger partial charge in [0.1, 0.15) is 17.2 Å². The molecule has 5 rings (SSSR count).